The van der Waals surface area contributed by atoms with E-state index < -0.39 is 0 Å². The minimum Gasteiger partial charge on any atom is -0.398 e. The monoisotopic (exact) mass is 298 g/mol. The van der Waals surface area contributed by atoms with E-state index in [9.17, 15) is 4.79 Å². The van der Waals surface area contributed by atoms with Gasteiger partial charge in [-0.15, -0.1) is 0 Å². The van der Waals surface area contributed by atoms with Crippen molar-refractivity contribution in [3.63, 3.8) is 0 Å². The van der Waals surface area contributed by atoms with Crippen molar-refractivity contribution >= 4 is 27.5 Å². The maximum Gasteiger partial charge on any atom is 0.253 e. The first kappa shape index (κ1) is 12.4. The van der Waals surface area contributed by atoms with Gasteiger partial charge >= 0.3 is 0 Å². The molecule has 1 aromatic carbocycles. The Morgan fingerprint density at radius 1 is 1.59 bits per heavy atom. The molecule has 0 radical (unpaired) electrons. The predicted molar refractivity (Wildman–Crippen MR) is 69.9 cm³/mol. The smallest absolute Gasteiger partial charge is 0.253 e. The molecular formula is C12H15BrN2O2. The van der Waals surface area contributed by atoms with E-state index in [-0.39, 0.29) is 11.9 Å². The average Bonchev–Trinajstić information content (AvgIpc) is 2.84. The highest BCUT2D eigenvalue weighted by atomic mass is 79.9. The van der Waals surface area contributed by atoms with Crippen LogP contribution >= 0.6 is 15.9 Å². The number of hydrogen-bond donors (Lipinski definition) is 1. The summed E-state index contributed by atoms with van der Waals surface area (Å²) in [6, 6.07) is 5.41. The van der Waals surface area contributed by atoms with Gasteiger partial charge in [0.2, 0.25) is 0 Å². The number of anilines is 1. The molecule has 1 aliphatic heterocycles. The number of halogens is 1. The number of carbonyl (C=O) groups is 1. The number of nitrogens with two attached hydrogens (primary N) is 1. The summed E-state index contributed by atoms with van der Waals surface area (Å²) in [7, 11) is 1.81. The zero-order chi connectivity index (χ0) is 12.4. The summed E-state index contributed by atoms with van der Waals surface area (Å²) in [6.45, 7) is 1.35. The Bertz CT molecular complexity index is 431. The van der Waals surface area contributed by atoms with Gasteiger partial charge in [-0.3, -0.25) is 4.79 Å². The van der Waals surface area contributed by atoms with E-state index in [0.717, 1.165) is 17.5 Å². The second-order valence-electron chi connectivity index (χ2n) is 4.17. The van der Waals surface area contributed by atoms with Crippen molar-refractivity contribution in [3.8, 4) is 0 Å². The van der Waals surface area contributed by atoms with Crippen molar-refractivity contribution in [1.29, 1.82) is 0 Å². The maximum absolute atomic E-state index is 12.2. The summed E-state index contributed by atoms with van der Waals surface area (Å²) >= 11 is 3.33. The molecule has 1 saturated heterocycles. The van der Waals surface area contributed by atoms with Crippen LogP contribution in [0.2, 0.25) is 0 Å². The highest BCUT2D eigenvalue weighted by Gasteiger charge is 2.24. The lowest BCUT2D eigenvalue weighted by molar-refractivity contribution is 0.0711. The van der Waals surface area contributed by atoms with E-state index in [1.165, 1.54) is 0 Å². The molecule has 0 aliphatic carbocycles. The number of hydrogen-bond acceptors (Lipinski definition) is 3. The summed E-state index contributed by atoms with van der Waals surface area (Å²) in [4.78, 5) is 13.9. The van der Waals surface area contributed by atoms with Gasteiger partial charge in [0.05, 0.1) is 12.6 Å². The van der Waals surface area contributed by atoms with Crippen molar-refractivity contribution in [3.05, 3.63) is 28.2 Å². The van der Waals surface area contributed by atoms with Crippen molar-refractivity contribution in [1.82, 2.24) is 4.90 Å². The number of nitrogens with zero attached hydrogens (tertiary/aromatic N) is 1. The fourth-order valence-corrected chi connectivity index (χ4v) is 2.24. The van der Waals surface area contributed by atoms with Gasteiger partial charge in [-0.1, -0.05) is 0 Å². The van der Waals surface area contributed by atoms with Crippen LogP contribution in [0.4, 0.5) is 5.69 Å². The number of nitrogen functional groups attached to an aromatic ring is 1. The second-order valence-corrected chi connectivity index (χ2v) is 5.02. The van der Waals surface area contributed by atoms with E-state index >= 15 is 0 Å². The molecule has 4 nitrogen and oxygen atoms in total. The normalized spacial score (nSPS) is 19.3. The SMILES string of the molecule is CN(C(=O)c1ccc(N)c(Br)c1)C1CCOC1. The summed E-state index contributed by atoms with van der Waals surface area (Å²) in [5.74, 6) is 0.00111. The molecule has 1 atom stereocenters. The Labute approximate surface area is 109 Å². The van der Waals surface area contributed by atoms with Crippen molar-refractivity contribution < 1.29 is 9.53 Å². The van der Waals surface area contributed by atoms with Crippen LogP contribution in [0.25, 0.3) is 0 Å². The van der Waals surface area contributed by atoms with Gasteiger partial charge in [-0.05, 0) is 40.5 Å². The first-order chi connectivity index (χ1) is 8.09. The second kappa shape index (κ2) is 5.06. The zero-order valence-corrected chi connectivity index (χ0v) is 11.2. The molecule has 0 spiro atoms. The minimum absolute atomic E-state index is 0.00111. The molecule has 1 aromatic rings. The van der Waals surface area contributed by atoms with Crippen LogP contribution < -0.4 is 5.73 Å². The molecule has 0 bridgehead atoms. The molecule has 92 valence electrons. The summed E-state index contributed by atoms with van der Waals surface area (Å²) in [5, 5.41) is 0. The van der Waals surface area contributed by atoms with Gasteiger partial charge in [0.1, 0.15) is 0 Å². The number of carbonyl (C=O) groups excluding carboxylic acids is 1. The van der Waals surface area contributed by atoms with E-state index in [0.29, 0.717) is 17.9 Å². The van der Waals surface area contributed by atoms with Gasteiger partial charge in [0.25, 0.3) is 5.91 Å². The number of likely N-dealkylation sites (N-methyl/N-ethyl adjacent to an activating group) is 1. The summed E-state index contributed by atoms with van der Waals surface area (Å²) in [6.07, 6.45) is 0.901. The molecule has 1 fully saturated rings. The highest BCUT2D eigenvalue weighted by molar-refractivity contribution is 9.10. The number of ether oxygens (including phenoxy) is 1. The molecule has 1 unspecified atom stereocenters. The molecule has 1 heterocycles. The molecule has 1 aliphatic rings. The van der Waals surface area contributed by atoms with E-state index in [4.69, 9.17) is 10.5 Å². The van der Waals surface area contributed by atoms with Gasteiger partial charge in [-0.2, -0.15) is 0 Å². The van der Waals surface area contributed by atoms with Crippen LogP contribution in [0, 0.1) is 0 Å². The van der Waals surface area contributed by atoms with Crippen molar-refractivity contribution in [2.75, 3.05) is 26.0 Å². The van der Waals surface area contributed by atoms with Crippen LogP contribution in [0.1, 0.15) is 16.8 Å². The standard InChI is InChI=1S/C12H15BrN2O2/c1-15(9-4-5-17-7-9)12(16)8-2-3-11(14)10(13)6-8/h2-3,6,9H,4-5,7,14H2,1H3. The zero-order valence-electron chi connectivity index (χ0n) is 9.65. The van der Waals surface area contributed by atoms with Crippen LogP contribution in [0.15, 0.2) is 22.7 Å². The van der Waals surface area contributed by atoms with Crippen LogP contribution in [0.3, 0.4) is 0 Å². The Morgan fingerprint density at radius 3 is 2.94 bits per heavy atom. The van der Waals surface area contributed by atoms with Crippen molar-refractivity contribution in [2.45, 2.75) is 12.5 Å². The Kier molecular flexibility index (Phi) is 3.69. The molecule has 0 saturated carbocycles. The van der Waals surface area contributed by atoms with E-state index in [2.05, 4.69) is 15.9 Å². The topological polar surface area (TPSA) is 55.6 Å². The third-order valence-electron chi connectivity index (χ3n) is 3.02. The number of benzene rings is 1. The molecular weight excluding hydrogens is 284 g/mol. The maximum atomic E-state index is 12.2. The average molecular weight is 299 g/mol. The molecule has 5 heteroatoms. The lowest BCUT2D eigenvalue weighted by atomic mass is 10.1. The fraction of sp³-hybridized carbons (Fsp3) is 0.417. The van der Waals surface area contributed by atoms with E-state index in [1.54, 1.807) is 23.1 Å². The largest absolute Gasteiger partial charge is 0.398 e. The van der Waals surface area contributed by atoms with Gasteiger partial charge < -0.3 is 15.4 Å². The van der Waals surface area contributed by atoms with Crippen molar-refractivity contribution in [2.24, 2.45) is 0 Å². The third kappa shape index (κ3) is 2.61. The Hall–Kier alpha value is -1.07. The predicted octanol–water partition coefficient (Wildman–Crippen LogP) is 1.89. The Morgan fingerprint density at radius 2 is 2.35 bits per heavy atom. The Balaban J connectivity index is 2.15. The molecule has 2 rings (SSSR count). The summed E-state index contributed by atoms with van der Waals surface area (Å²) < 4.78 is 6.03. The number of amides is 1. The van der Waals surface area contributed by atoms with Gasteiger partial charge in [0.15, 0.2) is 0 Å². The van der Waals surface area contributed by atoms with Crippen LogP contribution in [0.5, 0.6) is 0 Å². The van der Waals surface area contributed by atoms with Gasteiger partial charge in [0, 0.05) is 29.4 Å². The minimum atomic E-state index is 0.00111. The number of rotatable bonds is 2. The first-order valence-corrected chi connectivity index (χ1v) is 6.29. The quantitative estimate of drug-likeness (QED) is 0.849. The third-order valence-corrected chi connectivity index (χ3v) is 3.71. The first-order valence-electron chi connectivity index (χ1n) is 5.49. The van der Waals surface area contributed by atoms with Crippen LogP contribution in [-0.2, 0) is 4.74 Å². The van der Waals surface area contributed by atoms with E-state index in [1.807, 2.05) is 7.05 Å². The lowest BCUT2D eigenvalue weighted by Crippen LogP contribution is -2.37. The van der Waals surface area contributed by atoms with Crippen LogP contribution in [-0.4, -0.2) is 37.1 Å². The molecule has 1 amide bonds. The summed E-state index contributed by atoms with van der Waals surface area (Å²) in [5.41, 5.74) is 6.97. The molecule has 0 aromatic heterocycles. The van der Waals surface area contributed by atoms with Gasteiger partial charge in [-0.25, -0.2) is 0 Å². The highest BCUT2D eigenvalue weighted by Crippen LogP contribution is 2.22. The molecule has 17 heavy (non-hydrogen) atoms. The lowest BCUT2D eigenvalue weighted by Gasteiger charge is -2.23. The molecule has 2 N–H and O–H groups in total. The fourth-order valence-electron chi connectivity index (χ4n) is 1.86.